The van der Waals surface area contributed by atoms with Crippen molar-refractivity contribution < 1.29 is 0 Å². The van der Waals surface area contributed by atoms with Gasteiger partial charge >= 0.3 is 0 Å². The fourth-order valence-corrected chi connectivity index (χ4v) is 2.15. The average molecular weight is 179 g/mol. The van der Waals surface area contributed by atoms with Gasteiger partial charge in [-0.1, -0.05) is 18.8 Å². The summed E-state index contributed by atoms with van der Waals surface area (Å²) >= 11 is 0. The highest BCUT2D eigenvalue weighted by atomic mass is 15.0. The van der Waals surface area contributed by atoms with E-state index in [1.165, 1.54) is 25.7 Å². The molecule has 1 N–H and O–H groups in total. The number of rotatable bonds is 3. The predicted molar refractivity (Wildman–Crippen MR) is 57.5 cm³/mol. The number of hydrogen-bond donors (Lipinski definition) is 1. The molecule has 1 fully saturated rings. The molecule has 0 heterocycles. The lowest BCUT2D eigenvalue weighted by molar-refractivity contribution is 0.267. The minimum Gasteiger partial charge on any atom is -0.301 e. The van der Waals surface area contributed by atoms with Crippen LogP contribution in [0.25, 0.3) is 0 Å². The first-order valence-corrected chi connectivity index (χ1v) is 5.31. The van der Waals surface area contributed by atoms with Gasteiger partial charge in [-0.05, 0) is 39.5 Å². The highest BCUT2D eigenvalue weighted by molar-refractivity contribution is 5.00. The van der Waals surface area contributed by atoms with Crippen LogP contribution in [0.4, 0.5) is 0 Å². The maximum atomic E-state index is 3.53. The van der Waals surface area contributed by atoms with Crippen LogP contribution in [0.3, 0.4) is 0 Å². The van der Waals surface area contributed by atoms with Crippen LogP contribution in [0.1, 0.15) is 46.5 Å². The quantitative estimate of drug-likeness (QED) is 0.657. The van der Waals surface area contributed by atoms with Gasteiger partial charge in [0.1, 0.15) is 0 Å². The summed E-state index contributed by atoms with van der Waals surface area (Å²) in [5.74, 6) is 6.84. The van der Waals surface area contributed by atoms with Crippen molar-refractivity contribution in [3.8, 4) is 11.8 Å². The fraction of sp³-hybridized carbons (Fsp3) is 0.833. The van der Waals surface area contributed by atoms with Gasteiger partial charge in [0, 0.05) is 5.54 Å². The average Bonchev–Trinajstić information content (AvgIpc) is 2.56. The molecule has 0 atom stereocenters. The summed E-state index contributed by atoms with van der Waals surface area (Å²) in [5.41, 5.74) is 0.278. The molecule has 1 rings (SSSR count). The van der Waals surface area contributed by atoms with Crippen LogP contribution in [0, 0.1) is 17.8 Å². The van der Waals surface area contributed by atoms with E-state index in [9.17, 15) is 0 Å². The van der Waals surface area contributed by atoms with Crippen LogP contribution < -0.4 is 5.32 Å². The Morgan fingerprint density at radius 1 is 1.31 bits per heavy atom. The Bertz CT molecular complexity index is 201. The number of nitrogens with one attached hydrogen (secondary N) is 1. The molecule has 0 saturated heterocycles. The second-order valence-corrected chi connectivity index (χ2v) is 4.48. The van der Waals surface area contributed by atoms with Crippen LogP contribution in [0.15, 0.2) is 0 Å². The molecule has 0 amide bonds. The lowest BCUT2D eigenvalue weighted by Crippen LogP contribution is -2.45. The highest BCUT2D eigenvalue weighted by Crippen LogP contribution is 2.33. The van der Waals surface area contributed by atoms with E-state index in [1.54, 1.807) is 0 Å². The summed E-state index contributed by atoms with van der Waals surface area (Å²) in [6.07, 6.45) is 5.60. The second kappa shape index (κ2) is 4.67. The Labute approximate surface area is 82.3 Å². The molecule has 1 heteroatoms. The molecule has 0 aromatic carbocycles. The number of hydrogen-bond acceptors (Lipinski definition) is 1. The van der Waals surface area contributed by atoms with Crippen molar-refractivity contribution in [2.75, 3.05) is 6.54 Å². The fourth-order valence-electron chi connectivity index (χ4n) is 2.15. The molecule has 0 aliphatic heterocycles. The molecule has 1 aliphatic carbocycles. The summed E-state index contributed by atoms with van der Waals surface area (Å²) in [5, 5.41) is 3.53. The summed E-state index contributed by atoms with van der Waals surface area (Å²) in [7, 11) is 0. The molecule has 0 unspecified atom stereocenters. The third-order valence-electron chi connectivity index (χ3n) is 3.18. The predicted octanol–water partition coefficient (Wildman–Crippen LogP) is 2.57. The molecule has 0 radical (unpaired) electrons. The van der Waals surface area contributed by atoms with Gasteiger partial charge in [0.15, 0.2) is 0 Å². The summed E-state index contributed by atoms with van der Waals surface area (Å²) in [4.78, 5) is 0. The first kappa shape index (κ1) is 10.6. The lowest BCUT2D eigenvalue weighted by Gasteiger charge is -2.32. The zero-order chi connectivity index (χ0) is 9.73. The third-order valence-corrected chi connectivity index (χ3v) is 3.18. The lowest BCUT2D eigenvalue weighted by atomic mass is 9.86. The van der Waals surface area contributed by atoms with E-state index in [1.807, 2.05) is 6.92 Å². The van der Waals surface area contributed by atoms with Crippen LogP contribution in [-0.4, -0.2) is 12.1 Å². The van der Waals surface area contributed by atoms with Gasteiger partial charge < -0.3 is 5.32 Å². The standard InChI is InChI=1S/C12H21N/c1-4-5-10-13-12(2,3)11-8-6-7-9-11/h11,13H,6-10H2,1-3H3. The maximum Gasteiger partial charge on any atom is 0.0580 e. The van der Waals surface area contributed by atoms with Crippen molar-refractivity contribution in [2.45, 2.75) is 52.0 Å². The molecular weight excluding hydrogens is 158 g/mol. The molecule has 1 saturated carbocycles. The van der Waals surface area contributed by atoms with Crippen LogP contribution in [0.2, 0.25) is 0 Å². The van der Waals surface area contributed by atoms with E-state index in [0.29, 0.717) is 0 Å². The van der Waals surface area contributed by atoms with E-state index < -0.39 is 0 Å². The van der Waals surface area contributed by atoms with E-state index in [0.717, 1.165) is 12.5 Å². The Morgan fingerprint density at radius 2 is 1.92 bits per heavy atom. The summed E-state index contributed by atoms with van der Waals surface area (Å²) in [6.45, 7) is 7.34. The Kier molecular flexibility index (Phi) is 3.81. The maximum absolute atomic E-state index is 3.53. The summed E-state index contributed by atoms with van der Waals surface area (Å²) in [6, 6.07) is 0. The molecule has 1 nitrogen and oxygen atoms in total. The van der Waals surface area contributed by atoms with Crippen molar-refractivity contribution in [3.63, 3.8) is 0 Å². The zero-order valence-corrected chi connectivity index (χ0v) is 9.11. The molecule has 0 bridgehead atoms. The first-order chi connectivity index (χ1) is 6.17. The molecule has 1 aliphatic rings. The molecule has 0 aromatic heterocycles. The Morgan fingerprint density at radius 3 is 2.46 bits per heavy atom. The summed E-state index contributed by atoms with van der Waals surface area (Å²) < 4.78 is 0. The molecule has 0 aromatic rings. The minimum absolute atomic E-state index is 0.278. The topological polar surface area (TPSA) is 12.0 Å². The molecule has 0 spiro atoms. The normalized spacial score (nSPS) is 18.4. The molecular formula is C12H21N. The SMILES string of the molecule is CC#CCNC(C)(C)C1CCCC1. The van der Waals surface area contributed by atoms with Crippen molar-refractivity contribution in [3.05, 3.63) is 0 Å². The molecule has 13 heavy (non-hydrogen) atoms. The second-order valence-electron chi connectivity index (χ2n) is 4.48. The Balaban J connectivity index is 2.37. The van der Waals surface area contributed by atoms with E-state index >= 15 is 0 Å². The van der Waals surface area contributed by atoms with Crippen molar-refractivity contribution in [1.82, 2.24) is 5.32 Å². The largest absolute Gasteiger partial charge is 0.301 e. The third kappa shape index (κ3) is 3.04. The van der Waals surface area contributed by atoms with Gasteiger partial charge in [-0.3, -0.25) is 0 Å². The van der Waals surface area contributed by atoms with Crippen molar-refractivity contribution in [1.29, 1.82) is 0 Å². The van der Waals surface area contributed by atoms with Crippen LogP contribution in [-0.2, 0) is 0 Å². The van der Waals surface area contributed by atoms with E-state index in [4.69, 9.17) is 0 Å². The highest BCUT2D eigenvalue weighted by Gasteiger charge is 2.30. The van der Waals surface area contributed by atoms with Crippen molar-refractivity contribution >= 4 is 0 Å². The van der Waals surface area contributed by atoms with Crippen molar-refractivity contribution in [2.24, 2.45) is 5.92 Å². The first-order valence-electron chi connectivity index (χ1n) is 5.31. The van der Waals surface area contributed by atoms with Gasteiger partial charge in [0.2, 0.25) is 0 Å². The zero-order valence-electron chi connectivity index (χ0n) is 9.11. The van der Waals surface area contributed by atoms with E-state index in [2.05, 4.69) is 31.0 Å². The van der Waals surface area contributed by atoms with Gasteiger partial charge in [0.05, 0.1) is 6.54 Å². The van der Waals surface area contributed by atoms with Gasteiger partial charge in [-0.15, -0.1) is 5.92 Å². The molecule has 74 valence electrons. The monoisotopic (exact) mass is 179 g/mol. The van der Waals surface area contributed by atoms with Crippen LogP contribution >= 0.6 is 0 Å². The van der Waals surface area contributed by atoms with Gasteiger partial charge in [-0.2, -0.15) is 0 Å². The van der Waals surface area contributed by atoms with Gasteiger partial charge in [-0.25, -0.2) is 0 Å². The minimum atomic E-state index is 0.278. The smallest absolute Gasteiger partial charge is 0.0580 e. The Hall–Kier alpha value is -0.480. The van der Waals surface area contributed by atoms with E-state index in [-0.39, 0.29) is 5.54 Å². The van der Waals surface area contributed by atoms with Gasteiger partial charge in [0.25, 0.3) is 0 Å². The van der Waals surface area contributed by atoms with Crippen LogP contribution in [0.5, 0.6) is 0 Å².